The van der Waals surface area contributed by atoms with Crippen LogP contribution in [0.2, 0.25) is 0 Å². The van der Waals surface area contributed by atoms with Gasteiger partial charge in [0, 0.05) is 0 Å². The highest BCUT2D eigenvalue weighted by atomic mass is 16.5. The van der Waals surface area contributed by atoms with Crippen molar-refractivity contribution in [3.05, 3.63) is 42.0 Å². The van der Waals surface area contributed by atoms with Crippen LogP contribution in [0.4, 0.5) is 0 Å². The monoisotopic (exact) mass is 222 g/mol. The average molecular weight is 222 g/mol. The molecule has 88 valence electrons. The molecule has 0 heterocycles. The van der Waals surface area contributed by atoms with Crippen molar-refractivity contribution in [2.45, 2.75) is 19.6 Å². The minimum Gasteiger partial charge on any atom is -0.497 e. The number of aliphatic hydroxyl groups excluding tert-OH is 1. The van der Waals surface area contributed by atoms with Gasteiger partial charge in [-0.25, -0.2) is 0 Å². The maximum Gasteiger partial charge on any atom is 0.118 e. The zero-order valence-electron chi connectivity index (χ0n) is 9.72. The van der Waals surface area contributed by atoms with Gasteiger partial charge in [-0.3, -0.25) is 0 Å². The molecule has 0 radical (unpaired) electrons. The molecule has 0 saturated heterocycles. The second kappa shape index (κ2) is 7.04. The predicted octanol–water partition coefficient (Wildman–Crippen LogP) is 2.15. The molecule has 0 aromatic heterocycles. The molecule has 0 amide bonds. The van der Waals surface area contributed by atoms with Gasteiger partial charge in [-0.15, -0.1) is 0 Å². The Hall–Kier alpha value is -1.32. The summed E-state index contributed by atoms with van der Waals surface area (Å²) in [7, 11) is 1.65. The number of methoxy groups -OCH3 is 1. The lowest BCUT2D eigenvalue weighted by molar-refractivity contribution is 0.0836. The summed E-state index contributed by atoms with van der Waals surface area (Å²) in [5.74, 6) is 0.844. The van der Waals surface area contributed by atoms with E-state index in [0.717, 1.165) is 11.3 Å². The first-order chi connectivity index (χ1) is 7.76. The molecular formula is C13H18O3. The second-order valence-electron chi connectivity index (χ2n) is 3.47. The molecule has 1 N–H and O–H groups in total. The molecule has 3 heteroatoms. The Morgan fingerprint density at radius 2 is 2.00 bits per heavy atom. The molecule has 0 aliphatic rings. The van der Waals surface area contributed by atoms with Gasteiger partial charge in [0.05, 0.1) is 26.4 Å². The Morgan fingerprint density at radius 1 is 1.31 bits per heavy atom. The maximum absolute atomic E-state index is 8.60. The van der Waals surface area contributed by atoms with E-state index in [1.165, 1.54) is 0 Å². The summed E-state index contributed by atoms with van der Waals surface area (Å²) in [6, 6.07) is 7.77. The van der Waals surface area contributed by atoms with Crippen LogP contribution in [0.25, 0.3) is 0 Å². The van der Waals surface area contributed by atoms with E-state index in [1.807, 2.05) is 37.3 Å². The molecule has 0 unspecified atom stereocenters. The van der Waals surface area contributed by atoms with Gasteiger partial charge >= 0.3 is 0 Å². The van der Waals surface area contributed by atoms with E-state index in [0.29, 0.717) is 6.61 Å². The SMILES string of the molecule is COc1ccc(CO[C@@H](C)/C=C\CO)cc1. The maximum atomic E-state index is 8.60. The Kier molecular flexibility index (Phi) is 5.61. The van der Waals surface area contributed by atoms with Crippen molar-refractivity contribution in [1.29, 1.82) is 0 Å². The number of hydrogen-bond donors (Lipinski definition) is 1. The van der Waals surface area contributed by atoms with Crippen molar-refractivity contribution in [3.63, 3.8) is 0 Å². The first-order valence-corrected chi connectivity index (χ1v) is 5.28. The topological polar surface area (TPSA) is 38.7 Å². The predicted molar refractivity (Wildman–Crippen MR) is 63.5 cm³/mol. The molecule has 0 fully saturated rings. The van der Waals surface area contributed by atoms with Crippen LogP contribution in [-0.4, -0.2) is 24.9 Å². The van der Waals surface area contributed by atoms with Crippen LogP contribution in [-0.2, 0) is 11.3 Å². The fraction of sp³-hybridized carbons (Fsp3) is 0.385. The Bertz CT molecular complexity index is 316. The van der Waals surface area contributed by atoms with Gasteiger partial charge in [0.1, 0.15) is 5.75 Å². The summed E-state index contributed by atoms with van der Waals surface area (Å²) in [6.07, 6.45) is 3.52. The number of ether oxygens (including phenoxy) is 2. The van der Waals surface area contributed by atoms with Gasteiger partial charge in [-0.1, -0.05) is 24.3 Å². The zero-order chi connectivity index (χ0) is 11.8. The first-order valence-electron chi connectivity index (χ1n) is 5.28. The second-order valence-corrected chi connectivity index (χ2v) is 3.47. The highest BCUT2D eigenvalue weighted by Gasteiger charge is 1.98. The summed E-state index contributed by atoms with van der Waals surface area (Å²) in [5.41, 5.74) is 1.10. The fourth-order valence-electron chi connectivity index (χ4n) is 1.26. The summed E-state index contributed by atoms with van der Waals surface area (Å²) in [4.78, 5) is 0. The summed E-state index contributed by atoms with van der Waals surface area (Å²) in [5, 5.41) is 8.60. The number of rotatable bonds is 6. The minimum atomic E-state index is 0.00857. The molecule has 1 aromatic rings. The largest absolute Gasteiger partial charge is 0.497 e. The van der Waals surface area contributed by atoms with Gasteiger partial charge in [0.25, 0.3) is 0 Å². The van der Waals surface area contributed by atoms with Crippen molar-refractivity contribution in [1.82, 2.24) is 0 Å². The molecule has 0 bridgehead atoms. The van der Waals surface area contributed by atoms with Gasteiger partial charge in [-0.2, -0.15) is 0 Å². The highest BCUT2D eigenvalue weighted by molar-refractivity contribution is 5.26. The molecule has 1 rings (SSSR count). The van der Waals surface area contributed by atoms with Gasteiger partial charge in [0.2, 0.25) is 0 Å². The zero-order valence-corrected chi connectivity index (χ0v) is 9.72. The smallest absolute Gasteiger partial charge is 0.118 e. The summed E-state index contributed by atoms with van der Waals surface area (Å²) < 4.78 is 10.6. The lowest BCUT2D eigenvalue weighted by Gasteiger charge is -2.09. The van der Waals surface area contributed by atoms with E-state index in [1.54, 1.807) is 13.2 Å². The molecule has 1 aromatic carbocycles. The molecular weight excluding hydrogens is 204 g/mol. The fourth-order valence-corrected chi connectivity index (χ4v) is 1.26. The van der Waals surface area contributed by atoms with Crippen LogP contribution >= 0.6 is 0 Å². The standard InChI is InChI=1S/C13H18O3/c1-11(4-3-9-14)16-10-12-5-7-13(15-2)8-6-12/h3-8,11,14H,9-10H2,1-2H3/b4-3-/t11-/m0/s1. The van der Waals surface area contributed by atoms with Gasteiger partial charge in [-0.05, 0) is 24.6 Å². The van der Waals surface area contributed by atoms with E-state index < -0.39 is 0 Å². The molecule has 1 atom stereocenters. The van der Waals surface area contributed by atoms with Crippen LogP contribution in [0, 0.1) is 0 Å². The van der Waals surface area contributed by atoms with Crippen molar-refractivity contribution in [2.75, 3.05) is 13.7 Å². The van der Waals surface area contributed by atoms with E-state index in [9.17, 15) is 0 Å². The number of aliphatic hydroxyl groups is 1. The van der Waals surface area contributed by atoms with E-state index in [4.69, 9.17) is 14.6 Å². The van der Waals surface area contributed by atoms with Crippen LogP contribution in [0.1, 0.15) is 12.5 Å². The van der Waals surface area contributed by atoms with Crippen LogP contribution in [0.15, 0.2) is 36.4 Å². The van der Waals surface area contributed by atoms with Crippen molar-refractivity contribution < 1.29 is 14.6 Å². The van der Waals surface area contributed by atoms with Crippen LogP contribution < -0.4 is 4.74 Å². The van der Waals surface area contributed by atoms with Crippen molar-refractivity contribution in [2.24, 2.45) is 0 Å². The molecule has 0 aliphatic carbocycles. The van der Waals surface area contributed by atoms with Gasteiger partial charge < -0.3 is 14.6 Å². The molecule has 0 saturated carbocycles. The third-order valence-electron chi connectivity index (χ3n) is 2.18. The van der Waals surface area contributed by atoms with E-state index in [-0.39, 0.29) is 12.7 Å². The van der Waals surface area contributed by atoms with Crippen LogP contribution in [0.5, 0.6) is 5.75 Å². The first kappa shape index (κ1) is 12.7. The Morgan fingerprint density at radius 3 is 2.56 bits per heavy atom. The third kappa shape index (κ3) is 4.47. The molecule has 3 nitrogen and oxygen atoms in total. The normalized spacial score (nSPS) is 12.9. The average Bonchev–Trinajstić information content (AvgIpc) is 2.34. The Labute approximate surface area is 96.3 Å². The highest BCUT2D eigenvalue weighted by Crippen LogP contribution is 2.12. The van der Waals surface area contributed by atoms with E-state index >= 15 is 0 Å². The minimum absolute atomic E-state index is 0.00857. The number of hydrogen-bond acceptors (Lipinski definition) is 3. The van der Waals surface area contributed by atoms with Crippen molar-refractivity contribution >= 4 is 0 Å². The quantitative estimate of drug-likeness (QED) is 0.749. The van der Waals surface area contributed by atoms with Gasteiger partial charge in [0.15, 0.2) is 0 Å². The lowest BCUT2D eigenvalue weighted by Crippen LogP contribution is -2.04. The molecule has 0 spiro atoms. The summed E-state index contributed by atoms with van der Waals surface area (Å²) in [6.45, 7) is 2.55. The number of benzene rings is 1. The summed E-state index contributed by atoms with van der Waals surface area (Å²) >= 11 is 0. The third-order valence-corrected chi connectivity index (χ3v) is 2.18. The Balaban J connectivity index is 2.39. The lowest BCUT2D eigenvalue weighted by atomic mass is 10.2. The van der Waals surface area contributed by atoms with Crippen LogP contribution in [0.3, 0.4) is 0 Å². The molecule has 0 aliphatic heterocycles. The van der Waals surface area contributed by atoms with Crippen molar-refractivity contribution in [3.8, 4) is 5.75 Å². The molecule has 16 heavy (non-hydrogen) atoms. The van der Waals surface area contributed by atoms with E-state index in [2.05, 4.69) is 0 Å².